The van der Waals surface area contributed by atoms with Gasteiger partial charge in [0.05, 0.1) is 0 Å². The van der Waals surface area contributed by atoms with Gasteiger partial charge in [-0.2, -0.15) is 0 Å². The molecule has 1 aromatic rings. The highest BCUT2D eigenvalue weighted by atomic mass is 19.1. The van der Waals surface area contributed by atoms with Crippen LogP contribution in [0.1, 0.15) is 25.5 Å². The summed E-state index contributed by atoms with van der Waals surface area (Å²) in [5, 5.41) is 0. The fourth-order valence-electron chi connectivity index (χ4n) is 1.19. The molecule has 80 valence electrons. The molecule has 1 unspecified atom stereocenters. The van der Waals surface area contributed by atoms with Gasteiger partial charge in [0, 0.05) is 11.6 Å². The summed E-state index contributed by atoms with van der Waals surface area (Å²) in [5.41, 5.74) is 6.37. The summed E-state index contributed by atoms with van der Waals surface area (Å²) in [6.45, 7) is 3.81. The van der Waals surface area contributed by atoms with E-state index in [0.29, 0.717) is 17.9 Å². The van der Waals surface area contributed by atoms with Crippen LogP contribution >= 0.6 is 0 Å². The maximum Gasteiger partial charge on any atom is 0.149 e. The van der Waals surface area contributed by atoms with Gasteiger partial charge in [0.2, 0.25) is 0 Å². The molecule has 2 nitrogen and oxygen atoms in total. The Morgan fingerprint density at radius 2 is 2.27 bits per heavy atom. The summed E-state index contributed by atoms with van der Waals surface area (Å²) in [5.74, 6) is 5.77. The van der Waals surface area contributed by atoms with Crippen LogP contribution in [0.15, 0.2) is 18.2 Å². The number of halogens is 1. The van der Waals surface area contributed by atoms with Gasteiger partial charge in [0.25, 0.3) is 0 Å². The molecule has 0 spiro atoms. The highest BCUT2D eigenvalue weighted by Crippen LogP contribution is 2.24. The molecule has 0 radical (unpaired) electrons. The lowest BCUT2D eigenvalue weighted by Crippen LogP contribution is -2.08. The molecule has 0 bridgehead atoms. The van der Waals surface area contributed by atoms with Crippen molar-refractivity contribution in [2.45, 2.75) is 19.9 Å². The van der Waals surface area contributed by atoms with Crippen molar-refractivity contribution in [3.8, 4) is 17.6 Å². The maximum absolute atomic E-state index is 13.0. The van der Waals surface area contributed by atoms with Gasteiger partial charge >= 0.3 is 0 Å². The number of hydrogen-bond donors (Lipinski definition) is 1. The molecule has 0 aliphatic rings. The van der Waals surface area contributed by atoms with Crippen molar-refractivity contribution in [3.63, 3.8) is 0 Å². The van der Waals surface area contributed by atoms with Gasteiger partial charge in [-0.05, 0) is 32.0 Å². The second kappa shape index (κ2) is 5.38. The predicted octanol–water partition coefficient (Wildman–Crippen LogP) is 2.25. The zero-order valence-corrected chi connectivity index (χ0v) is 8.88. The maximum atomic E-state index is 13.0. The van der Waals surface area contributed by atoms with Crippen molar-refractivity contribution in [3.05, 3.63) is 29.6 Å². The molecule has 3 heteroatoms. The normalized spacial score (nSPS) is 11.5. The second-order valence-electron chi connectivity index (χ2n) is 3.19. The molecule has 1 atom stereocenters. The van der Waals surface area contributed by atoms with Crippen molar-refractivity contribution in [1.82, 2.24) is 0 Å². The highest BCUT2D eigenvalue weighted by molar-refractivity contribution is 5.36. The van der Waals surface area contributed by atoms with Gasteiger partial charge in [-0.3, -0.25) is 0 Å². The molecular formula is C12H14FNO. The molecule has 0 fully saturated rings. The Kier molecular flexibility index (Phi) is 4.14. The fraction of sp³-hybridized carbons (Fsp3) is 0.333. The van der Waals surface area contributed by atoms with Crippen LogP contribution in [0, 0.1) is 17.7 Å². The minimum atomic E-state index is -0.309. The molecule has 15 heavy (non-hydrogen) atoms. The number of ether oxygens (including phenoxy) is 1. The molecule has 0 amide bonds. The van der Waals surface area contributed by atoms with Gasteiger partial charge in [-0.25, -0.2) is 4.39 Å². The fourth-order valence-corrected chi connectivity index (χ4v) is 1.19. The Bertz CT molecular complexity index is 390. The average molecular weight is 207 g/mol. The first-order chi connectivity index (χ1) is 7.15. The minimum absolute atomic E-state index is 0.259. The lowest BCUT2D eigenvalue weighted by Gasteiger charge is -2.12. The van der Waals surface area contributed by atoms with E-state index in [1.807, 2.05) is 0 Å². The first kappa shape index (κ1) is 11.5. The van der Waals surface area contributed by atoms with Crippen LogP contribution in [-0.4, -0.2) is 6.61 Å². The van der Waals surface area contributed by atoms with Gasteiger partial charge in [-0.15, -0.1) is 5.92 Å². The van der Waals surface area contributed by atoms with E-state index in [-0.39, 0.29) is 11.9 Å². The van der Waals surface area contributed by atoms with E-state index in [1.54, 1.807) is 19.9 Å². The summed E-state index contributed by atoms with van der Waals surface area (Å²) >= 11 is 0. The summed E-state index contributed by atoms with van der Waals surface area (Å²) in [4.78, 5) is 0. The molecule has 0 saturated carbocycles. The third kappa shape index (κ3) is 3.26. The van der Waals surface area contributed by atoms with Gasteiger partial charge in [0.1, 0.15) is 18.2 Å². The van der Waals surface area contributed by atoms with E-state index < -0.39 is 0 Å². The van der Waals surface area contributed by atoms with Crippen LogP contribution in [0.2, 0.25) is 0 Å². The average Bonchev–Trinajstić information content (AvgIpc) is 2.20. The van der Waals surface area contributed by atoms with Crippen molar-refractivity contribution in [1.29, 1.82) is 0 Å². The number of hydrogen-bond acceptors (Lipinski definition) is 2. The highest BCUT2D eigenvalue weighted by Gasteiger charge is 2.08. The molecular weight excluding hydrogens is 193 g/mol. The largest absolute Gasteiger partial charge is 0.481 e. The van der Waals surface area contributed by atoms with Crippen molar-refractivity contribution < 1.29 is 9.13 Å². The van der Waals surface area contributed by atoms with E-state index >= 15 is 0 Å². The summed E-state index contributed by atoms with van der Waals surface area (Å²) in [7, 11) is 0. The quantitative estimate of drug-likeness (QED) is 0.771. The third-order valence-electron chi connectivity index (χ3n) is 1.94. The van der Waals surface area contributed by atoms with E-state index in [0.717, 1.165) is 0 Å². The van der Waals surface area contributed by atoms with Crippen LogP contribution in [0.25, 0.3) is 0 Å². The van der Waals surface area contributed by atoms with E-state index in [4.69, 9.17) is 10.5 Å². The molecule has 0 aliphatic heterocycles. The van der Waals surface area contributed by atoms with E-state index in [2.05, 4.69) is 11.8 Å². The SMILES string of the molecule is CC#CCOc1ccc(F)cc1C(C)N. The number of rotatable bonds is 3. The van der Waals surface area contributed by atoms with Crippen LogP contribution in [-0.2, 0) is 0 Å². The second-order valence-corrected chi connectivity index (χ2v) is 3.19. The van der Waals surface area contributed by atoms with Crippen LogP contribution in [0.3, 0.4) is 0 Å². The van der Waals surface area contributed by atoms with E-state index in [9.17, 15) is 4.39 Å². The Labute approximate surface area is 89.2 Å². The predicted molar refractivity (Wildman–Crippen MR) is 57.9 cm³/mol. The summed E-state index contributed by atoms with van der Waals surface area (Å²) in [6.07, 6.45) is 0. The van der Waals surface area contributed by atoms with Crippen LogP contribution in [0.4, 0.5) is 4.39 Å². The molecule has 0 saturated heterocycles. The van der Waals surface area contributed by atoms with Crippen molar-refractivity contribution in [2.24, 2.45) is 5.73 Å². The lowest BCUT2D eigenvalue weighted by atomic mass is 10.1. The van der Waals surface area contributed by atoms with Gasteiger partial charge < -0.3 is 10.5 Å². The molecule has 1 rings (SSSR count). The number of benzene rings is 1. The Morgan fingerprint density at radius 3 is 2.87 bits per heavy atom. The van der Waals surface area contributed by atoms with Gasteiger partial charge in [-0.1, -0.05) is 5.92 Å². The minimum Gasteiger partial charge on any atom is -0.481 e. The van der Waals surface area contributed by atoms with Gasteiger partial charge in [0.15, 0.2) is 0 Å². The molecule has 2 N–H and O–H groups in total. The Morgan fingerprint density at radius 1 is 1.53 bits per heavy atom. The van der Waals surface area contributed by atoms with E-state index in [1.165, 1.54) is 12.1 Å². The molecule has 1 aromatic carbocycles. The van der Waals surface area contributed by atoms with Crippen molar-refractivity contribution >= 4 is 0 Å². The first-order valence-corrected chi connectivity index (χ1v) is 4.72. The molecule has 0 heterocycles. The van der Waals surface area contributed by atoms with Crippen LogP contribution < -0.4 is 10.5 Å². The molecule has 0 aliphatic carbocycles. The van der Waals surface area contributed by atoms with Crippen LogP contribution in [0.5, 0.6) is 5.75 Å². The summed E-state index contributed by atoms with van der Waals surface area (Å²) in [6, 6.07) is 4.05. The smallest absolute Gasteiger partial charge is 0.149 e. The molecule has 0 aromatic heterocycles. The number of nitrogens with two attached hydrogens (primary N) is 1. The van der Waals surface area contributed by atoms with Crippen molar-refractivity contribution in [2.75, 3.05) is 6.61 Å². The topological polar surface area (TPSA) is 35.2 Å². The monoisotopic (exact) mass is 207 g/mol. The standard InChI is InChI=1S/C12H14FNO/c1-3-4-7-15-12-6-5-10(13)8-11(12)9(2)14/h5-6,8-9H,7,14H2,1-2H3. The summed E-state index contributed by atoms with van der Waals surface area (Å²) < 4.78 is 18.3. The zero-order chi connectivity index (χ0) is 11.3. The third-order valence-corrected chi connectivity index (χ3v) is 1.94. The zero-order valence-electron chi connectivity index (χ0n) is 8.88. The lowest BCUT2D eigenvalue weighted by molar-refractivity contribution is 0.363. The Balaban J connectivity index is 2.89. The first-order valence-electron chi connectivity index (χ1n) is 4.72. The Hall–Kier alpha value is -1.53.